The molecule has 0 aliphatic rings. The maximum Gasteiger partial charge on any atom is 0.323 e. The van der Waals surface area contributed by atoms with Crippen molar-refractivity contribution in [3.05, 3.63) is 46.2 Å². The van der Waals surface area contributed by atoms with Crippen LogP contribution in [0.1, 0.15) is 21.9 Å². The monoisotopic (exact) mass is 233 g/mol. The predicted molar refractivity (Wildman–Crippen MR) is 59.4 cm³/mol. The van der Waals surface area contributed by atoms with E-state index in [1.807, 2.05) is 6.92 Å². The molecular weight excluding hydrogens is 222 g/mol. The summed E-state index contributed by atoms with van der Waals surface area (Å²) in [4.78, 5) is 35.1. The van der Waals surface area contributed by atoms with Crippen molar-refractivity contribution in [2.45, 2.75) is 13.5 Å². The highest BCUT2D eigenvalue weighted by atomic mass is 16.2. The van der Waals surface area contributed by atoms with Crippen LogP contribution in [0.2, 0.25) is 0 Å². The number of aromatic nitrogens is 4. The fourth-order valence-corrected chi connectivity index (χ4v) is 1.33. The number of aromatic amines is 2. The van der Waals surface area contributed by atoms with Crippen LogP contribution < -0.4 is 11.0 Å². The first-order valence-electron chi connectivity index (χ1n) is 4.98. The van der Waals surface area contributed by atoms with Gasteiger partial charge in [0.1, 0.15) is 12.0 Å². The van der Waals surface area contributed by atoms with E-state index in [0.717, 1.165) is 5.69 Å². The summed E-state index contributed by atoms with van der Waals surface area (Å²) in [5.41, 5.74) is 1.33. The summed E-state index contributed by atoms with van der Waals surface area (Å²) in [5, 5.41) is 2.64. The molecule has 0 saturated carbocycles. The van der Waals surface area contributed by atoms with Crippen LogP contribution in [0.25, 0.3) is 0 Å². The normalized spacial score (nSPS) is 10.2. The van der Waals surface area contributed by atoms with Gasteiger partial charge in [-0.3, -0.25) is 4.79 Å². The third-order valence-corrected chi connectivity index (χ3v) is 2.13. The smallest absolute Gasteiger partial charge is 0.323 e. The lowest BCUT2D eigenvalue weighted by molar-refractivity contribution is 0.0946. The summed E-state index contributed by atoms with van der Waals surface area (Å²) in [6.45, 7) is 2.13. The number of hydrogen-bond donors (Lipinski definition) is 3. The molecule has 7 nitrogen and oxygen atoms in total. The number of rotatable bonds is 3. The Kier molecular flexibility index (Phi) is 2.99. The summed E-state index contributed by atoms with van der Waals surface area (Å²) in [6.07, 6.45) is 2.76. The van der Waals surface area contributed by atoms with Crippen molar-refractivity contribution < 1.29 is 4.79 Å². The molecule has 0 bridgehead atoms. The molecule has 2 heterocycles. The third kappa shape index (κ3) is 2.77. The lowest BCUT2D eigenvalue weighted by Gasteiger charge is -2.03. The van der Waals surface area contributed by atoms with Crippen molar-refractivity contribution in [2.75, 3.05) is 0 Å². The molecule has 0 atom stereocenters. The Morgan fingerprint density at radius 3 is 2.94 bits per heavy atom. The van der Waals surface area contributed by atoms with Crippen LogP contribution in [-0.2, 0) is 6.54 Å². The highest BCUT2D eigenvalue weighted by molar-refractivity contribution is 5.91. The van der Waals surface area contributed by atoms with E-state index in [-0.39, 0.29) is 18.1 Å². The molecule has 0 fully saturated rings. The number of nitrogens with one attached hydrogen (secondary N) is 3. The van der Waals surface area contributed by atoms with E-state index in [1.54, 1.807) is 6.07 Å². The van der Waals surface area contributed by atoms with Crippen LogP contribution in [0.5, 0.6) is 0 Å². The molecule has 1 amide bonds. The second-order valence-corrected chi connectivity index (χ2v) is 3.49. The Hall–Kier alpha value is -2.44. The van der Waals surface area contributed by atoms with Gasteiger partial charge in [0.25, 0.3) is 5.91 Å². The number of carbonyl (C=O) groups is 1. The first-order valence-corrected chi connectivity index (χ1v) is 4.98. The molecule has 0 aromatic carbocycles. The van der Waals surface area contributed by atoms with Crippen molar-refractivity contribution in [3.63, 3.8) is 0 Å². The molecule has 3 N–H and O–H groups in total. The lowest BCUT2D eigenvalue weighted by atomic mass is 10.3. The zero-order valence-corrected chi connectivity index (χ0v) is 9.15. The summed E-state index contributed by atoms with van der Waals surface area (Å²) in [7, 11) is 0. The standard InChI is InChI=1S/C10H11N5O2/c1-6-2-7(14-5-13-6)3-11-9(16)8-4-12-10(17)15-8/h2,4-5H,3H2,1H3,(H,11,16)(H2,12,15,17). The molecule has 88 valence electrons. The van der Waals surface area contributed by atoms with E-state index in [0.29, 0.717) is 5.69 Å². The molecule has 2 aromatic heterocycles. The van der Waals surface area contributed by atoms with Gasteiger partial charge in [0.15, 0.2) is 0 Å². The summed E-state index contributed by atoms with van der Waals surface area (Å²) < 4.78 is 0. The molecule has 0 radical (unpaired) electrons. The van der Waals surface area contributed by atoms with E-state index < -0.39 is 5.69 Å². The third-order valence-electron chi connectivity index (χ3n) is 2.13. The van der Waals surface area contributed by atoms with Gasteiger partial charge in [-0.25, -0.2) is 14.8 Å². The molecule has 2 aromatic rings. The molecule has 0 saturated heterocycles. The largest absolute Gasteiger partial charge is 0.345 e. The van der Waals surface area contributed by atoms with Crippen LogP contribution in [-0.4, -0.2) is 25.8 Å². The van der Waals surface area contributed by atoms with Crippen LogP contribution >= 0.6 is 0 Å². The van der Waals surface area contributed by atoms with E-state index in [1.165, 1.54) is 12.5 Å². The predicted octanol–water partition coefficient (Wildman–Crippen LogP) is -0.269. The van der Waals surface area contributed by atoms with Crippen molar-refractivity contribution in [1.82, 2.24) is 25.3 Å². The quantitative estimate of drug-likeness (QED) is 0.678. The topological polar surface area (TPSA) is 104 Å². The minimum Gasteiger partial charge on any atom is -0.345 e. The number of nitrogens with zero attached hydrogens (tertiary/aromatic N) is 2. The Labute approximate surface area is 96.3 Å². The van der Waals surface area contributed by atoms with E-state index >= 15 is 0 Å². The van der Waals surface area contributed by atoms with Gasteiger partial charge in [-0.2, -0.15) is 0 Å². The average Bonchev–Trinajstić information content (AvgIpc) is 2.73. The van der Waals surface area contributed by atoms with Gasteiger partial charge in [0, 0.05) is 11.9 Å². The maximum atomic E-state index is 11.6. The lowest BCUT2D eigenvalue weighted by Crippen LogP contribution is -2.24. The summed E-state index contributed by atoms with van der Waals surface area (Å²) >= 11 is 0. The molecule has 0 unspecified atom stereocenters. The summed E-state index contributed by atoms with van der Waals surface area (Å²) in [6, 6.07) is 1.78. The molecule has 0 aliphatic heterocycles. The molecule has 0 aliphatic carbocycles. The zero-order chi connectivity index (χ0) is 12.3. The highest BCUT2D eigenvalue weighted by Crippen LogP contribution is 1.96. The molecule has 0 spiro atoms. The average molecular weight is 233 g/mol. The van der Waals surface area contributed by atoms with E-state index in [4.69, 9.17) is 0 Å². The fourth-order valence-electron chi connectivity index (χ4n) is 1.33. The van der Waals surface area contributed by atoms with Gasteiger partial charge < -0.3 is 15.3 Å². The highest BCUT2D eigenvalue weighted by Gasteiger charge is 2.07. The van der Waals surface area contributed by atoms with Crippen LogP contribution in [0, 0.1) is 6.92 Å². The second kappa shape index (κ2) is 4.60. The van der Waals surface area contributed by atoms with Gasteiger partial charge in [0.2, 0.25) is 0 Å². The Balaban J connectivity index is 1.99. The Bertz CT molecular complexity index is 586. The molecule has 7 heteroatoms. The number of hydrogen-bond acceptors (Lipinski definition) is 4. The van der Waals surface area contributed by atoms with Crippen molar-refractivity contribution in [3.8, 4) is 0 Å². The number of amides is 1. The van der Waals surface area contributed by atoms with Gasteiger partial charge in [0.05, 0.1) is 12.2 Å². The second-order valence-electron chi connectivity index (χ2n) is 3.49. The van der Waals surface area contributed by atoms with Crippen molar-refractivity contribution in [2.24, 2.45) is 0 Å². The van der Waals surface area contributed by atoms with Crippen LogP contribution in [0.3, 0.4) is 0 Å². The zero-order valence-electron chi connectivity index (χ0n) is 9.15. The fraction of sp³-hybridized carbons (Fsp3) is 0.200. The van der Waals surface area contributed by atoms with E-state index in [9.17, 15) is 9.59 Å². The Morgan fingerprint density at radius 2 is 2.29 bits per heavy atom. The molecule has 17 heavy (non-hydrogen) atoms. The SMILES string of the molecule is Cc1cc(CNC(=O)c2c[nH]c(=O)[nH]2)ncn1. The van der Waals surface area contributed by atoms with Crippen molar-refractivity contribution in [1.29, 1.82) is 0 Å². The van der Waals surface area contributed by atoms with Gasteiger partial charge >= 0.3 is 5.69 Å². The maximum absolute atomic E-state index is 11.6. The first-order chi connectivity index (χ1) is 8.15. The van der Waals surface area contributed by atoms with E-state index in [2.05, 4.69) is 25.3 Å². The number of aryl methyl sites for hydroxylation is 1. The molecule has 2 rings (SSSR count). The molecular formula is C10H11N5O2. The first kappa shape index (κ1) is 11.1. The Morgan fingerprint density at radius 1 is 1.47 bits per heavy atom. The summed E-state index contributed by atoms with van der Waals surface area (Å²) in [5.74, 6) is -0.361. The van der Waals surface area contributed by atoms with Crippen LogP contribution in [0.4, 0.5) is 0 Å². The van der Waals surface area contributed by atoms with Gasteiger partial charge in [-0.15, -0.1) is 0 Å². The van der Waals surface area contributed by atoms with Gasteiger partial charge in [-0.1, -0.05) is 0 Å². The van der Waals surface area contributed by atoms with Crippen LogP contribution in [0.15, 0.2) is 23.4 Å². The minimum absolute atomic E-state index is 0.195. The number of carbonyl (C=O) groups excluding carboxylic acids is 1. The number of H-pyrrole nitrogens is 2. The number of imidazole rings is 1. The minimum atomic E-state index is -0.409. The van der Waals surface area contributed by atoms with Gasteiger partial charge in [-0.05, 0) is 13.0 Å². The van der Waals surface area contributed by atoms with Crippen molar-refractivity contribution >= 4 is 5.91 Å².